The number of carbonyl (C=O) groups is 1. The van der Waals surface area contributed by atoms with Gasteiger partial charge in [-0.25, -0.2) is 0 Å². The molecule has 0 unspecified atom stereocenters. The van der Waals surface area contributed by atoms with Crippen LogP contribution in [0, 0.1) is 0 Å². The number of unbranched alkanes of at least 4 members (excludes halogenated alkanes) is 1. The van der Waals surface area contributed by atoms with Gasteiger partial charge in [0.25, 0.3) is 0 Å². The fourth-order valence-electron chi connectivity index (χ4n) is 2.10. The van der Waals surface area contributed by atoms with Crippen LogP contribution < -0.4 is 4.74 Å². The summed E-state index contributed by atoms with van der Waals surface area (Å²) in [6, 6.07) is 18.4. The van der Waals surface area contributed by atoms with Gasteiger partial charge in [-0.05, 0) is 42.5 Å². The van der Waals surface area contributed by atoms with E-state index >= 15 is 0 Å². The van der Waals surface area contributed by atoms with E-state index in [0.29, 0.717) is 13.0 Å². The van der Waals surface area contributed by atoms with Gasteiger partial charge in [-0.3, -0.25) is 4.79 Å². The maximum Gasteiger partial charge on any atom is 0.303 e. The zero-order valence-electron chi connectivity index (χ0n) is 12.0. The van der Waals surface area contributed by atoms with Crippen molar-refractivity contribution >= 4 is 5.97 Å². The van der Waals surface area contributed by atoms with E-state index in [1.54, 1.807) is 0 Å². The molecule has 2 aromatic rings. The standard InChI is InChI=1S/C18H20O3/c19-18(20)8-4-5-13-21-17-11-9-16(10-12-17)14-15-6-2-1-3-7-15/h1-3,6-7,9-12H,4-5,8,13-14H2,(H,19,20). The lowest BCUT2D eigenvalue weighted by Crippen LogP contribution is -2.00. The molecular formula is C18H20O3. The maximum absolute atomic E-state index is 10.4. The monoisotopic (exact) mass is 284 g/mol. The minimum atomic E-state index is -0.750. The first-order chi connectivity index (χ1) is 10.2. The van der Waals surface area contributed by atoms with Gasteiger partial charge in [0.15, 0.2) is 0 Å². The Morgan fingerprint density at radius 1 is 0.905 bits per heavy atom. The summed E-state index contributed by atoms with van der Waals surface area (Å²) >= 11 is 0. The molecule has 0 aromatic heterocycles. The number of hydrogen-bond donors (Lipinski definition) is 1. The zero-order chi connectivity index (χ0) is 14.9. The molecule has 2 aromatic carbocycles. The molecule has 0 spiro atoms. The summed E-state index contributed by atoms with van der Waals surface area (Å²) in [5.41, 5.74) is 2.54. The van der Waals surface area contributed by atoms with Gasteiger partial charge in [0.1, 0.15) is 5.75 Å². The third kappa shape index (κ3) is 5.69. The van der Waals surface area contributed by atoms with Crippen molar-refractivity contribution in [3.63, 3.8) is 0 Å². The van der Waals surface area contributed by atoms with Gasteiger partial charge in [-0.15, -0.1) is 0 Å². The van der Waals surface area contributed by atoms with Gasteiger partial charge in [0, 0.05) is 6.42 Å². The summed E-state index contributed by atoms with van der Waals surface area (Å²) in [7, 11) is 0. The van der Waals surface area contributed by atoms with Crippen LogP contribution in [0.15, 0.2) is 54.6 Å². The van der Waals surface area contributed by atoms with E-state index in [-0.39, 0.29) is 6.42 Å². The first kappa shape index (κ1) is 15.1. The van der Waals surface area contributed by atoms with Crippen LogP contribution in [0.5, 0.6) is 5.75 Å². The van der Waals surface area contributed by atoms with Gasteiger partial charge >= 0.3 is 5.97 Å². The molecule has 110 valence electrons. The fraction of sp³-hybridized carbons (Fsp3) is 0.278. The van der Waals surface area contributed by atoms with Gasteiger partial charge < -0.3 is 9.84 Å². The van der Waals surface area contributed by atoms with Crippen molar-refractivity contribution in [1.29, 1.82) is 0 Å². The van der Waals surface area contributed by atoms with Crippen LogP contribution in [0.4, 0.5) is 0 Å². The van der Waals surface area contributed by atoms with Crippen molar-refractivity contribution in [2.75, 3.05) is 6.61 Å². The number of hydrogen-bond acceptors (Lipinski definition) is 2. The van der Waals surface area contributed by atoms with Crippen LogP contribution >= 0.6 is 0 Å². The fourth-order valence-corrected chi connectivity index (χ4v) is 2.10. The van der Waals surface area contributed by atoms with Crippen molar-refractivity contribution in [2.45, 2.75) is 25.7 Å². The summed E-state index contributed by atoms with van der Waals surface area (Å²) in [4.78, 5) is 10.4. The van der Waals surface area contributed by atoms with Crippen molar-refractivity contribution in [3.8, 4) is 5.75 Å². The molecule has 2 rings (SSSR count). The second-order valence-corrected chi connectivity index (χ2v) is 5.01. The van der Waals surface area contributed by atoms with Crippen LogP contribution in [-0.4, -0.2) is 17.7 Å². The number of ether oxygens (including phenoxy) is 1. The third-order valence-electron chi connectivity index (χ3n) is 3.23. The summed E-state index contributed by atoms with van der Waals surface area (Å²) < 4.78 is 5.60. The molecule has 0 amide bonds. The maximum atomic E-state index is 10.4. The summed E-state index contributed by atoms with van der Waals surface area (Å²) in [6.07, 6.45) is 2.54. The molecule has 0 fully saturated rings. The van der Waals surface area contributed by atoms with Gasteiger partial charge in [-0.2, -0.15) is 0 Å². The second kappa shape index (κ2) is 8.10. The SMILES string of the molecule is O=C(O)CCCCOc1ccc(Cc2ccccc2)cc1. The molecule has 21 heavy (non-hydrogen) atoms. The molecule has 1 N–H and O–H groups in total. The van der Waals surface area contributed by atoms with Crippen LogP contribution in [-0.2, 0) is 11.2 Å². The van der Waals surface area contributed by atoms with Crippen LogP contribution in [0.3, 0.4) is 0 Å². The Morgan fingerprint density at radius 2 is 1.57 bits per heavy atom. The molecule has 3 heteroatoms. The van der Waals surface area contributed by atoms with Gasteiger partial charge in [0.2, 0.25) is 0 Å². The molecule has 3 nitrogen and oxygen atoms in total. The number of carboxylic acid groups (broad SMARTS) is 1. The van der Waals surface area contributed by atoms with E-state index in [9.17, 15) is 4.79 Å². The largest absolute Gasteiger partial charge is 0.494 e. The Balaban J connectivity index is 1.75. The highest BCUT2D eigenvalue weighted by molar-refractivity contribution is 5.66. The topological polar surface area (TPSA) is 46.5 Å². The quantitative estimate of drug-likeness (QED) is 0.747. The van der Waals surface area contributed by atoms with E-state index in [1.165, 1.54) is 11.1 Å². The van der Waals surface area contributed by atoms with Crippen molar-refractivity contribution < 1.29 is 14.6 Å². The average molecular weight is 284 g/mol. The summed E-state index contributed by atoms with van der Waals surface area (Å²) in [5.74, 6) is 0.0856. The minimum Gasteiger partial charge on any atom is -0.494 e. The van der Waals surface area contributed by atoms with Crippen LogP contribution in [0.1, 0.15) is 30.4 Å². The summed E-state index contributed by atoms with van der Waals surface area (Å²) in [6.45, 7) is 0.561. The Hall–Kier alpha value is -2.29. The van der Waals surface area contributed by atoms with Crippen LogP contribution in [0.2, 0.25) is 0 Å². The highest BCUT2D eigenvalue weighted by atomic mass is 16.5. The highest BCUT2D eigenvalue weighted by Crippen LogP contribution is 2.15. The minimum absolute atomic E-state index is 0.208. The molecule has 0 heterocycles. The van der Waals surface area contributed by atoms with E-state index in [0.717, 1.165) is 18.6 Å². The number of aliphatic carboxylic acids is 1. The summed E-state index contributed by atoms with van der Waals surface area (Å²) in [5, 5.41) is 8.54. The normalized spacial score (nSPS) is 10.3. The Morgan fingerprint density at radius 3 is 2.24 bits per heavy atom. The zero-order valence-corrected chi connectivity index (χ0v) is 12.0. The molecule has 0 aliphatic heterocycles. The Kier molecular flexibility index (Phi) is 5.83. The molecule has 0 bridgehead atoms. The third-order valence-corrected chi connectivity index (χ3v) is 3.23. The molecule has 0 radical (unpaired) electrons. The molecule has 0 saturated carbocycles. The first-order valence-corrected chi connectivity index (χ1v) is 7.21. The molecule has 0 aliphatic rings. The smallest absolute Gasteiger partial charge is 0.303 e. The van der Waals surface area contributed by atoms with Crippen molar-refractivity contribution in [2.24, 2.45) is 0 Å². The molecular weight excluding hydrogens is 264 g/mol. The lowest BCUT2D eigenvalue weighted by molar-refractivity contribution is -0.137. The van der Waals surface area contributed by atoms with Crippen molar-refractivity contribution in [3.05, 3.63) is 65.7 Å². The van der Waals surface area contributed by atoms with Gasteiger partial charge in [0.05, 0.1) is 6.61 Å². The second-order valence-electron chi connectivity index (χ2n) is 5.01. The van der Waals surface area contributed by atoms with Gasteiger partial charge in [-0.1, -0.05) is 42.5 Å². The lowest BCUT2D eigenvalue weighted by Gasteiger charge is -2.07. The van der Waals surface area contributed by atoms with E-state index in [2.05, 4.69) is 24.3 Å². The predicted molar refractivity (Wildman–Crippen MR) is 82.7 cm³/mol. The Labute approximate surface area is 125 Å². The van der Waals surface area contributed by atoms with E-state index in [4.69, 9.17) is 9.84 Å². The van der Waals surface area contributed by atoms with Crippen molar-refractivity contribution in [1.82, 2.24) is 0 Å². The van der Waals surface area contributed by atoms with E-state index in [1.807, 2.05) is 30.3 Å². The van der Waals surface area contributed by atoms with Crippen LogP contribution in [0.25, 0.3) is 0 Å². The highest BCUT2D eigenvalue weighted by Gasteiger charge is 1.99. The molecule has 0 aliphatic carbocycles. The number of rotatable bonds is 8. The number of carboxylic acids is 1. The average Bonchev–Trinajstić information content (AvgIpc) is 2.49. The Bertz CT molecular complexity index is 546. The molecule has 0 saturated heterocycles. The van der Waals surface area contributed by atoms with E-state index < -0.39 is 5.97 Å². The number of benzene rings is 2. The first-order valence-electron chi connectivity index (χ1n) is 7.21. The predicted octanol–water partition coefficient (Wildman–Crippen LogP) is 3.91. The molecule has 0 atom stereocenters. The lowest BCUT2D eigenvalue weighted by atomic mass is 10.1.